The molecule has 1 heterocycles. The smallest absolute Gasteiger partial charge is 0.126 e. The largest absolute Gasteiger partial charge is 0.493 e. The van der Waals surface area contributed by atoms with Crippen LogP contribution in [0.25, 0.3) is 0 Å². The molecule has 17 heavy (non-hydrogen) atoms. The number of fused-ring (bicyclic) bond motifs is 1. The van der Waals surface area contributed by atoms with Gasteiger partial charge in [-0.2, -0.15) is 0 Å². The van der Waals surface area contributed by atoms with E-state index in [2.05, 4.69) is 25.1 Å². The van der Waals surface area contributed by atoms with Gasteiger partial charge in [0.15, 0.2) is 0 Å². The van der Waals surface area contributed by atoms with Crippen LogP contribution in [0.15, 0.2) is 18.2 Å². The summed E-state index contributed by atoms with van der Waals surface area (Å²) in [5, 5.41) is 0. The Hall–Kier alpha value is -1.02. The topological polar surface area (TPSA) is 35.2 Å². The Kier molecular flexibility index (Phi) is 2.83. The van der Waals surface area contributed by atoms with Gasteiger partial charge in [0.1, 0.15) is 5.75 Å². The molecule has 2 aliphatic rings. The molecule has 0 saturated heterocycles. The first-order valence-corrected chi connectivity index (χ1v) is 6.76. The van der Waals surface area contributed by atoms with E-state index in [1.165, 1.54) is 24.0 Å². The second-order valence-electron chi connectivity index (χ2n) is 5.62. The van der Waals surface area contributed by atoms with Crippen LogP contribution in [0, 0.1) is 5.92 Å². The highest BCUT2D eigenvalue weighted by Gasteiger charge is 2.30. The van der Waals surface area contributed by atoms with Crippen LogP contribution in [-0.2, 0) is 6.42 Å². The van der Waals surface area contributed by atoms with Crippen LogP contribution >= 0.6 is 0 Å². The fourth-order valence-electron chi connectivity index (χ4n) is 3.29. The molecule has 2 nitrogen and oxygen atoms in total. The molecule has 1 aromatic rings. The minimum absolute atomic E-state index is 0.307. The van der Waals surface area contributed by atoms with Gasteiger partial charge in [-0.25, -0.2) is 0 Å². The van der Waals surface area contributed by atoms with Crippen molar-refractivity contribution in [1.29, 1.82) is 0 Å². The van der Waals surface area contributed by atoms with Gasteiger partial charge in [0.2, 0.25) is 0 Å². The number of hydrogen-bond acceptors (Lipinski definition) is 2. The highest BCUT2D eigenvalue weighted by Crippen LogP contribution is 2.42. The lowest BCUT2D eigenvalue weighted by Crippen LogP contribution is -2.34. The molecule has 2 heteroatoms. The van der Waals surface area contributed by atoms with E-state index in [1.54, 1.807) is 0 Å². The maximum absolute atomic E-state index is 6.31. The molecule has 1 fully saturated rings. The standard InChI is InChI=1S/C15H21NO/c1-10-5-6-14(16)13(9-10)12-4-2-3-11-7-8-17-15(11)12/h2-4,10,13-14H,5-9,16H2,1H3. The van der Waals surface area contributed by atoms with Gasteiger partial charge >= 0.3 is 0 Å². The van der Waals surface area contributed by atoms with Gasteiger partial charge in [0.25, 0.3) is 0 Å². The molecule has 0 amide bonds. The summed E-state index contributed by atoms with van der Waals surface area (Å²) >= 11 is 0. The Labute approximate surface area is 103 Å². The van der Waals surface area contributed by atoms with E-state index >= 15 is 0 Å². The van der Waals surface area contributed by atoms with E-state index < -0.39 is 0 Å². The van der Waals surface area contributed by atoms with Crippen LogP contribution in [0.3, 0.4) is 0 Å². The van der Waals surface area contributed by atoms with Gasteiger partial charge in [-0.15, -0.1) is 0 Å². The average molecular weight is 231 g/mol. The number of rotatable bonds is 1. The second kappa shape index (κ2) is 4.34. The Morgan fingerprint density at radius 1 is 1.29 bits per heavy atom. The Balaban J connectivity index is 1.95. The first-order chi connectivity index (χ1) is 8.25. The lowest BCUT2D eigenvalue weighted by molar-refractivity contribution is 0.294. The summed E-state index contributed by atoms with van der Waals surface area (Å²) < 4.78 is 5.81. The molecule has 0 spiro atoms. The third-order valence-corrected chi connectivity index (χ3v) is 4.31. The first-order valence-electron chi connectivity index (χ1n) is 6.76. The highest BCUT2D eigenvalue weighted by atomic mass is 16.5. The van der Waals surface area contributed by atoms with Gasteiger partial charge in [-0.3, -0.25) is 0 Å². The minimum Gasteiger partial charge on any atom is -0.493 e. The quantitative estimate of drug-likeness (QED) is 0.806. The third kappa shape index (κ3) is 1.95. The third-order valence-electron chi connectivity index (χ3n) is 4.31. The summed E-state index contributed by atoms with van der Waals surface area (Å²) in [6.07, 6.45) is 4.69. The number of para-hydroxylation sites is 1. The van der Waals surface area contributed by atoms with E-state index in [0.29, 0.717) is 12.0 Å². The summed E-state index contributed by atoms with van der Waals surface area (Å²) in [6.45, 7) is 3.17. The average Bonchev–Trinajstić information content (AvgIpc) is 2.80. The SMILES string of the molecule is CC1CCC(N)C(c2cccc3c2OCC3)C1. The zero-order valence-electron chi connectivity index (χ0n) is 10.5. The fraction of sp³-hybridized carbons (Fsp3) is 0.600. The normalized spacial score (nSPS) is 32.0. The molecule has 92 valence electrons. The van der Waals surface area contributed by atoms with Crippen molar-refractivity contribution in [1.82, 2.24) is 0 Å². The number of ether oxygens (including phenoxy) is 1. The van der Waals surface area contributed by atoms with Crippen LogP contribution in [0.5, 0.6) is 5.75 Å². The first kappa shape index (κ1) is 11.1. The van der Waals surface area contributed by atoms with Crippen molar-refractivity contribution in [2.24, 2.45) is 11.7 Å². The van der Waals surface area contributed by atoms with Gasteiger partial charge in [0.05, 0.1) is 6.61 Å². The van der Waals surface area contributed by atoms with Gasteiger partial charge in [-0.05, 0) is 36.3 Å². The molecular weight excluding hydrogens is 210 g/mol. The summed E-state index contributed by atoms with van der Waals surface area (Å²) in [5.74, 6) is 2.42. The molecule has 1 aromatic carbocycles. The molecule has 1 aliphatic carbocycles. The molecule has 1 aliphatic heterocycles. The van der Waals surface area contributed by atoms with E-state index in [9.17, 15) is 0 Å². The van der Waals surface area contributed by atoms with Crippen LogP contribution in [0.4, 0.5) is 0 Å². The van der Waals surface area contributed by atoms with Crippen molar-refractivity contribution in [3.05, 3.63) is 29.3 Å². The van der Waals surface area contributed by atoms with Gasteiger partial charge in [0, 0.05) is 18.4 Å². The van der Waals surface area contributed by atoms with Crippen LogP contribution in [-0.4, -0.2) is 12.6 Å². The maximum Gasteiger partial charge on any atom is 0.126 e. The summed E-state index contributed by atoms with van der Waals surface area (Å²) in [5.41, 5.74) is 9.04. The van der Waals surface area contributed by atoms with Crippen molar-refractivity contribution >= 4 is 0 Å². The summed E-state index contributed by atoms with van der Waals surface area (Å²) in [4.78, 5) is 0. The van der Waals surface area contributed by atoms with Crippen molar-refractivity contribution in [2.75, 3.05) is 6.61 Å². The summed E-state index contributed by atoms with van der Waals surface area (Å²) in [7, 11) is 0. The van der Waals surface area contributed by atoms with Crippen LogP contribution in [0.2, 0.25) is 0 Å². The maximum atomic E-state index is 6.31. The van der Waals surface area contributed by atoms with Crippen molar-refractivity contribution in [2.45, 2.75) is 44.6 Å². The Morgan fingerprint density at radius 3 is 3.06 bits per heavy atom. The lowest BCUT2D eigenvalue weighted by Gasteiger charge is -2.33. The molecule has 0 radical (unpaired) electrons. The summed E-state index contributed by atoms with van der Waals surface area (Å²) in [6, 6.07) is 6.87. The molecular formula is C15H21NO. The van der Waals surface area contributed by atoms with Gasteiger partial charge < -0.3 is 10.5 Å². The second-order valence-corrected chi connectivity index (χ2v) is 5.62. The highest BCUT2D eigenvalue weighted by molar-refractivity contribution is 5.46. The number of benzene rings is 1. The zero-order chi connectivity index (χ0) is 11.8. The van der Waals surface area contributed by atoms with Crippen molar-refractivity contribution in [3.8, 4) is 5.75 Å². The molecule has 2 N–H and O–H groups in total. The van der Waals surface area contributed by atoms with E-state index in [-0.39, 0.29) is 0 Å². The van der Waals surface area contributed by atoms with Gasteiger partial charge in [-0.1, -0.05) is 25.1 Å². The van der Waals surface area contributed by atoms with Crippen LogP contribution in [0.1, 0.15) is 43.2 Å². The monoisotopic (exact) mass is 231 g/mol. The predicted octanol–water partition coefficient (Wildman–Crippen LogP) is 2.85. The van der Waals surface area contributed by atoms with E-state index in [4.69, 9.17) is 10.5 Å². The van der Waals surface area contributed by atoms with E-state index in [0.717, 1.165) is 31.1 Å². The number of hydrogen-bond donors (Lipinski definition) is 1. The van der Waals surface area contributed by atoms with E-state index in [1.807, 2.05) is 0 Å². The molecule has 3 rings (SSSR count). The zero-order valence-corrected chi connectivity index (χ0v) is 10.5. The predicted molar refractivity (Wildman–Crippen MR) is 69.4 cm³/mol. The molecule has 1 saturated carbocycles. The number of nitrogens with two attached hydrogens (primary N) is 1. The molecule has 0 aromatic heterocycles. The molecule has 3 unspecified atom stereocenters. The molecule has 0 bridgehead atoms. The Morgan fingerprint density at radius 2 is 2.18 bits per heavy atom. The van der Waals surface area contributed by atoms with Crippen LogP contribution < -0.4 is 10.5 Å². The van der Waals surface area contributed by atoms with Crippen molar-refractivity contribution in [3.63, 3.8) is 0 Å². The lowest BCUT2D eigenvalue weighted by atomic mass is 9.75. The Bertz CT molecular complexity index is 415. The van der Waals surface area contributed by atoms with Crippen molar-refractivity contribution < 1.29 is 4.74 Å². The minimum atomic E-state index is 0.307. The molecule has 3 atom stereocenters. The fourth-order valence-corrected chi connectivity index (χ4v) is 3.29.